The van der Waals surface area contributed by atoms with Crippen molar-refractivity contribution in [1.29, 1.82) is 0 Å². The quantitative estimate of drug-likeness (QED) is 0.670. The number of halogens is 1. The van der Waals surface area contributed by atoms with Crippen LogP contribution in [0.25, 0.3) is 0 Å². The van der Waals surface area contributed by atoms with Crippen LogP contribution in [0.5, 0.6) is 0 Å². The van der Waals surface area contributed by atoms with E-state index in [1.165, 1.54) is 0 Å². The van der Waals surface area contributed by atoms with E-state index >= 15 is 0 Å². The van der Waals surface area contributed by atoms with Gasteiger partial charge in [-0.25, -0.2) is 4.98 Å². The molecule has 66 valence electrons. The first-order valence-electron chi connectivity index (χ1n) is 3.85. The lowest BCUT2D eigenvalue weighted by Gasteiger charge is -2.05. The Balaban J connectivity index is 2.46. The number of hydrogen-bond acceptors (Lipinski definition) is 3. The molecule has 0 aliphatic rings. The molecule has 0 aromatic carbocycles. The van der Waals surface area contributed by atoms with E-state index in [0.717, 1.165) is 0 Å². The van der Waals surface area contributed by atoms with Crippen molar-refractivity contribution in [2.45, 2.75) is 6.42 Å². The van der Waals surface area contributed by atoms with Gasteiger partial charge in [0.2, 0.25) is 0 Å². The van der Waals surface area contributed by atoms with Crippen LogP contribution >= 0.6 is 0 Å². The van der Waals surface area contributed by atoms with E-state index in [-0.39, 0.29) is 6.67 Å². The van der Waals surface area contributed by atoms with Gasteiger partial charge in [-0.2, -0.15) is 0 Å². The Morgan fingerprint density at radius 2 is 2.42 bits per heavy atom. The van der Waals surface area contributed by atoms with E-state index in [0.29, 0.717) is 24.5 Å². The Bertz CT molecular complexity index is 239. The van der Waals surface area contributed by atoms with Crippen molar-refractivity contribution in [1.82, 2.24) is 4.98 Å². The molecule has 4 heteroatoms. The van der Waals surface area contributed by atoms with Crippen molar-refractivity contribution in [3.63, 3.8) is 0 Å². The van der Waals surface area contributed by atoms with Crippen LogP contribution < -0.4 is 11.1 Å². The molecule has 3 N–H and O–H groups in total. The number of nitrogens with two attached hydrogens (primary N) is 1. The topological polar surface area (TPSA) is 50.9 Å². The first-order chi connectivity index (χ1) is 5.84. The molecule has 1 aromatic rings. The predicted octanol–water partition coefficient (Wildman–Crippen LogP) is 1.44. The zero-order chi connectivity index (χ0) is 8.81. The van der Waals surface area contributed by atoms with Gasteiger partial charge in [-0.15, -0.1) is 0 Å². The van der Waals surface area contributed by atoms with Crippen molar-refractivity contribution in [3.05, 3.63) is 18.3 Å². The third kappa shape index (κ3) is 2.38. The molecule has 0 fully saturated rings. The highest BCUT2D eigenvalue weighted by Crippen LogP contribution is 2.12. The van der Waals surface area contributed by atoms with Gasteiger partial charge < -0.3 is 11.1 Å². The lowest BCUT2D eigenvalue weighted by molar-refractivity contribution is 0.481. The molecule has 12 heavy (non-hydrogen) atoms. The largest absolute Gasteiger partial charge is 0.396 e. The fourth-order valence-corrected chi connectivity index (χ4v) is 0.839. The Kier molecular flexibility index (Phi) is 3.32. The summed E-state index contributed by atoms with van der Waals surface area (Å²) in [6, 6.07) is 3.51. The zero-order valence-corrected chi connectivity index (χ0v) is 6.76. The van der Waals surface area contributed by atoms with E-state index in [4.69, 9.17) is 5.73 Å². The highest BCUT2D eigenvalue weighted by atomic mass is 19.1. The maximum Gasteiger partial charge on any atom is 0.149 e. The lowest BCUT2D eigenvalue weighted by atomic mass is 10.4. The monoisotopic (exact) mass is 169 g/mol. The molecular weight excluding hydrogens is 157 g/mol. The van der Waals surface area contributed by atoms with E-state index in [1.54, 1.807) is 18.3 Å². The van der Waals surface area contributed by atoms with E-state index in [1.807, 2.05) is 0 Å². The minimum Gasteiger partial charge on any atom is -0.396 e. The number of nitrogen functional groups attached to an aromatic ring is 1. The zero-order valence-electron chi connectivity index (χ0n) is 6.76. The summed E-state index contributed by atoms with van der Waals surface area (Å²) in [6.45, 7) is 0.247. The molecule has 0 radical (unpaired) electrons. The molecule has 1 heterocycles. The van der Waals surface area contributed by atoms with Gasteiger partial charge in [0.05, 0.1) is 12.4 Å². The number of pyridine rings is 1. The minimum absolute atomic E-state index is 0.320. The molecule has 3 nitrogen and oxygen atoms in total. The van der Waals surface area contributed by atoms with Gasteiger partial charge in [0.1, 0.15) is 5.82 Å². The molecule has 0 unspecified atom stereocenters. The number of rotatable bonds is 4. The maximum atomic E-state index is 11.7. The van der Waals surface area contributed by atoms with Gasteiger partial charge in [-0.1, -0.05) is 0 Å². The molecule has 0 saturated carbocycles. The standard InChI is InChI=1S/C8H12FN3/c9-4-2-6-12-8-7(10)3-1-5-11-8/h1,3,5H,2,4,6,10H2,(H,11,12). The summed E-state index contributed by atoms with van der Waals surface area (Å²) in [4.78, 5) is 3.99. The summed E-state index contributed by atoms with van der Waals surface area (Å²) in [7, 11) is 0. The third-order valence-electron chi connectivity index (χ3n) is 1.44. The van der Waals surface area contributed by atoms with Gasteiger partial charge in [-0.3, -0.25) is 4.39 Å². The van der Waals surface area contributed by atoms with Crippen LogP contribution in [0.1, 0.15) is 6.42 Å². The number of hydrogen-bond donors (Lipinski definition) is 2. The summed E-state index contributed by atoms with van der Waals surface area (Å²) in [5.41, 5.74) is 6.18. The Labute approximate surface area is 70.8 Å². The molecule has 0 spiro atoms. The van der Waals surface area contributed by atoms with E-state index < -0.39 is 0 Å². The molecule has 1 rings (SSSR count). The number of anilines is 2. The second kappa shape index (κ2) is 4.54. The molecule has 0 aliphatic heterocycles. The van der Waals surface area contributed by atoms with Crippen molar-refractivity contribution in [3.8, 4) is 0 Å². The number of aromatic nitrogens is 1. The summed E-state index contributed by atoms with van der Waals surface area (Å²) in [5.74, 6) is 0.631. The van der Waals surface area contributed by atoms with E-state index in [2.05, 4.69) is 10.3 Å². The number of nitrogens with one attached hydrogen (secondary N) is 1. The highest BCUT2D eigenvalue weighted by Gasteiger charge is 1.96. The summed E-state index contributed by atoms with van der Waals surface area (Å²) in [6.07, 6.45) is 2.13. The van der Waals surface area contributed by atoms with Gasteiger partial charge in [-0.05, 0) is 18.6 Å². The first-order valence-corrected chi connectivity index (χ1v) is 3.85. The maximum absolute atomic E-state index is 11.7. The number of alkyl halides is 1. The van der Waals surface area contributed by atoms with Crippen LogP contribution in [0, 0.1) is 0 Å². The van der Waals surface area contributed by atoms with Crippen molar-refractivity contribution in [2.75, 3.05) is 24.3 Å². The fourth-order valence-electron chi connectivity index (χ4n) is 0.839. The lowest BCUT2D eigenvalue weighted by Crippen LogP contribution is -2.06. The van der Waals surface area contributed by atoms with Gasteiger partial charge in [0.25, 0.3) is 0 Å². The predicted molar refractivity (Wildman–Crippen MR) is 47.7 cm³/mol. The van der Waals surface area contributed by atoms with Crippen molar-refractivity contribution in [2.24, 2.45) is 0 Å². The smallest absolute Gasteiger partial charge is 0.149 e. The van der Waals surface area contributed by atoms with Gasteiger partial charge in [0, 0.05) is 12.7 Å². The van der Waals surface area contributed by atoms with Crippen LogP contribution in [0.3, 0.4) is 0 Å². The molecular formula is C8H12FN3. The van der Waals surface area contributed by atoms with E-state index in [9.17, 15) is 4.39 Å². The Morgan fingerprint density at radius 3 is 3.08 bits per heavy atom. The molecule has 0 saturated heterocycles. The molecule has 0 aliphatic carbocycles. The van der Waals surface area contributed by atoms with Crippen molar-refractivity contribution < 1.29 is 4.39 Å². The number of nitrogens with zero attached hydrogens (tertiary/aromatic N) is 1. The van der Waals surface area contributed by atoms with Gasteiger partial charge in [0.15, 0.2) is 0 Å². The van der Waals surface area contributed by atoms with Crippen LogP contribution in [0.2, 0.25) is 0 Å². The van der Waals surface area contributed by atoms with Crippen LogP contribution in [-0.4, -0.2) is 18.2 Å². The molecule has 0 bridgehead atoms. The highest BCUT2D eigenvalue weighted by molar-refractivity contribution is 5.60. The Hall–Kier alpha value is -1.32. The third-order valence-corrected chi connectivity index (χ3v) is 1.44. The molecule has 1 aromatic heterocycles. The summed E-state index contributed by atoms with van der Waals surface area (Å²) in [5, 5.41) is 2.94. The van der Waals surface area contributed by atoms with Crippen LogP contribution in [-0.2, 0) is 0 Å². The van der Waals surface area contributed by atoms with Crippen LogP contribution in [0.4, 0.5) is 15.9 Å². The SMILES string of the molecule is Nc1cccnc1NCCCF. The van der Waals surface area contributed by atoms with Crippen LogP contribution in [0.15, 0.2) is 18.3 Å². The summed E-state index contributed by atoms with van der Waals surface area (Å²) < 4.78 is 11.7. The summed E-state index contributed by atoms with van der Waals surface area (Å²) >= 11 is 0. The Morgan fingerprint density at radius 1 is 1.58 bits per heavy atom. The normalized spacial score (nSPS) is 9.75. The molecule has 0 atom stereocenters. The molecule has 0 amide bonds. The second-order valence-corrected chi connectivity index (χ2v) is 2.41. The average Bonchev–Trinajstić information content (AvgIpc) is 2.09. The van der Waals surface area contributed by atoms with Crippen molar-refractivity contribution >= 4 is 11.5 Å². The fraction of sp³-hybridized carbons (Fsp3) is 0.375. The first kappa shape index (κ1) is 8.77. The minimum atomic E-state index is -0.320. The average molecular weight is 169 g/mol. The second-order valence-electron chi connectivity index (χ2n) is 2.41. The van der Waals surface area contributed by atoms with Gasteiger partial charge >= 0.3 is 0 Å².